The molecule has 1 aromatic carbocycles. The van der Waals surface area contributed by atoms with E-state index < -0.39 is 0 Å². The van der Waals surface area contributed by atoms with Crippen molar-refractivity contribution in [2.75, 3.05) is 18.5 Å². The van der Waals surface area contributed by atoms with E-state index in [0.717, 1.165) is 24.9 Å². The van der Waals surface area contributed by atoms with Crippen LogP contribution in [0.2, 0.25) is 0 Å². The van der Waals surface area contributed by atoms with Crippen LogP contribution in [-0.4, -0.2) is 23.1 Å². The van der Waals surface area contributed by atoms with E-state index >= 15 is 0 Å². The first-order chi connectivity index (χ1) is 10.3. The zero-order valence-electron chi connectivity index (χ0n) is 12.3. The van der Waals surface area contributed by atoms with Crippen LogP contribution in [0, 0.1) is 0 Å². The topological polar surface area (TPSA) is 73.1 Å². The molecule has 0 saturated carbocycles. The van der Waals surface area contributed by atoms with E-state index in [1.807, 2.05) is 30.3 Å². The third kappa shape index (κ3) is 5.04. The van der Waals surface area contributed by atoms with E-state index in [9.17, 15) is 0 Å². The predicted octanol–water partition coefficient (Wildman–Crippen LogP) is 2.77. The number of ether oxygens (including phenoxy) is 1. The molecule has 5 heteroatoms. The molecule has 1 unspecified atom stereocenters. The lowest BCUT2D eigenvalue weighted by Gasteiger charge is -2.13. The monoisotopic (exact) mass is 286 g/mol. The lowest BCUT2D eigenvalue weighted by Crippen LogP contribution is -2.15. The smallest absolute Gasteiger partial charge is 0.234 e. The van der Waals surface area contributed by atoms with Crippen molar-refractivity contribution < 1.29 is 4.74 Å². The highest BCUT2D eigenvalue weighted by Crippen LogP contribution is 2.14. The highest BCUT2D eigenvalue weighted by Gasteiger charge is 2.05. The minimum absolute atomic E-state index is 0.0196. The summed E-state index contributed by atoms with van der Waals surface area (Å²) in [5.41, 5.74) is 7.30. The number of anilines is 1. The Morgan fingerprint density at radius 3 is 2.81 bits per heavy atom. The number of hydrogen-bond donors (Lipinski definition) is 2. The summed E-state index contributed by atoms with van der Waals surface area (Å²) in [4.78, 5) is 8.46. The SMILES string of the molecule is CCCOc1cncc(NCCC(N)c2ccccc2)n1. The minimum atomic E-state index is 0.0196. The van der Waals surface area contributed by atoms with Gasteiger partial charge in [0.2, 0.25) is 5.88 Å². The van der Waals surface area contributed by atoms with E-state index in [-0.39, 0.29) is 6.04 Å². The van der Waals surface area contributed by atoms with Gasteiger partial charge in [-0.15, -0.1) is 0 Å². The van der Waals surface area contributed by atoms with Crippen LogP contribution in [0.3, 0.4) is 0 Å². The summed E-state index contributed by atoms with van der Waals surface area (Å²) in [7, 11) is 0. The number of nitrogens with zero attached hydrogens (tertiary/aromatic N) is 2. The molecule has 1 heterocycles. The van der Waals surface area contributed by atoms with E-state index in [0.29, 0.717) is 18.3 Å². The molecule has 1 atom stereocenters. The zero-order valence-corrected chi connectivity index (χ0v) is 12.3. The molecule has 5 nitrogen and oxygen atoms in total. The van der Waals surface area contributed by atoms with Crippen LogP contribution in [0.25, 0.3) is 0 Å². The van der Waals surface area contributed by atoms with E-state index in [2.05, 4.69) is 22.2 Å². The van der Waals surface area contributed by atoms with Gasteiger partial charge in [0.25, 0.3) is 0 Å². The maximum atomic E-state index is 6.15. The molecule has 0 aliphatic carbocycles. The third-order valence-corrected chi connectivity index (χ3v) is 3.06. The summed E-state index contributed by atoms with van der Waals surface area (Å²) in [5, 5.41) is 3.23. The fraction of sp³-hybridized carbons (Fsp3) is 0.375. The van der Waals surface area contributed by atoms with Gasteiger partial charge in [-0.2, -0.15) is 4.98 Å². The van der Waals surface area contributed by atoms with Crippen LogP contribution in [0.15, 0.2) is 42.7 Å². The van der Waals surface area contributed by atoms with Crippen molar-refractivity contribution in [2.45, 2.75) is 25.8 Å². The second kappa shape index (κ2) is 8.21. The first-order valence-corrected chi connectivity index (χ1v) is 7.29. The largest absolute Gasteiger partial charge is 0.477 e. The Morgan fingerprint density at radius 1 is 1.24 bits per heavy atom. The quantitative estimate of drug-likeness (QED) is 0.780. The molecule has 0 amide bonds. The lowest BCUT2D eigenvalue weighted by molar-refractivity contribution is 0.304. The predicted molar refractivity (Wildman–Crippen MR) is 84.3 cm³/mol. The summed E-state index contributed by atoms with van der Waals surface area (Å²) in [6.45, 7) is 3.44. The Balaban J connectivity index is 1.80. The maximum absolute atomic E-state index is 6.15. The molecule has 112 valence electrons. The van der Waals surface area contributed by atoms with Crippen molar-refractivity contribution in [3.05, 3.63) is 48.3 Å². The van der Waals surface area contributed by atoms with Crippen LogP contribution in [0.4, 0.5) is 5.82 Å². The Morgan fingerprint density at radius 2 is 2.05 bits per heavy atom. The van der Waals surface area contributed by atoms with E-state index in [4.69, 9.17) is 10.5 Å². The molecular weight excluding hydrogens is 264 g/mol. The normalized spacial score (nSPS) is 11.9. The van der Waals surface area contributed by atoms with Crippen LogP contribution in [0.5, 0.6) is 5.88 Å². The second-order valence-electron chi connectivity index (χ2n) is 4.82. The number of nitrogens with one attached hydrogen (secondary N) is 1. The standard InChI is InChI=1S/C16H22N4O/c1-2-10-21-16-12-18-11-15(20-16)19-9-8-14(17)13-6-4-3-5-7-13/h3-7,11-12,14H,2,8-10,17H2,1H3,(H,19,20). The Labute approximate surface area is 125 Å². The number of hydrogen-bond acceptors (Lipinski definition) is 5. The number of nitrogens with two attached hydrogens (primary N) is 1. The number of rotatable bonds is 8. The summed E-state index contributed by atoms with van der Waals surface area (Å²) in [5.74, 6) is 1.26. The van der Waals surface area contributed by atoms with E-state index in [1.54, 1.807) is 12.4 Å². The van der Waals surface area contributed by atoms with Crippen LogP contribution >= 0.6 is 0 Å². The van der Waals surface area contributed by atoms with Gasteiger partial charge >= 0.3 is 0 Å². The fourth-order valence-electron chi connectivity index (χ4n) is 1.93. The molecule has 1 aromatic heterocycles. The van der Waals surface area contributed by atoms with Crippen molar-refractivity contribution in [1.82, 2.24) is 9.97 Å². The molecule has 21 heavy (non-hydrogen) atoms. The van der Waals surface area contributed by atoms with Gasteiger partial charge in [-0.1, -0.05) is 37.3 Å². The van der Waals surface area contributed by atoms with Gasteiger partial charge in [-0.05, 0) is 18.4 Å². The lowest BCUT2D eigenvalue weighted by atomic mass is 10.1. The van der Waals surface area contributed by atoms with Crippen molar-refractivity contribution in [3.8, 4) is 5.88 Å². The van der Waals surface area contributed by atoms with Gasteiger partial charge in [0.1, 0.15) is 5.82 Å². The first kappa shape index (κ1) is 15.3. The number of aromatic nitrogens is 2. The highest BCUT2D eigenvalue weighted by molar-refractivity contribution is 5.33. The van der Waals surface area contributed by atoms with Gasteiger partial charge in [-0.25, -0.2) is 0 Å². The third-order valence-electron chi connectivity index (χ3n) is 3.06. The molecule has 2 aromatic rings. The van der Waals surface area contributed by atoms with Crippen molar-refractivity contribution >= 4 is 5.82 Å². The first-order valence-electron chi connectivity index (χ1n) is 7.29. The van der Waals surface area contributed by atoms with Crippen LogP contribution in [-0.2, 0) is 0 Å². The summed E-state index contributed by atoms with van der Waals surface area (Å²) in [6.07, 6.45) is 5.08. The van der Waals surface area contributed by atoms with Gasteiger partial charge in [0.15, 0.2) is 0 Å². The molecule has 0 spiro atoms. The molecular formula is C16H22N4O. The van der Waals surface area contributed by atoms with Crippen LogP contribution < -0.4 is 15.8 Å². The molecule has 0 saturated heterocycles. The molecule has 0 fully saturated rings. The molecule has 0 aliphatic heterocycles. The molecule has 3 N–H and O–H groups in total. The highest BCUT2D eigenvalue weighted by atomic mass is 16.5. The zero-order chi connectivity index (χ0) is 14.9. The van der Waals surface area contributed by atoms with Gasteiger partial charge in [0.05, 0.1) is 19.0 Å². The molecule has 0 bridgehead atoms. The Kier molecular flexibility index (Phi) is 5.97. The summed E-state index contributed by atoms with van der Waals surface area (Å²) < 4.78 is 5.45. The Hall–Kier alpha value is -2.14. The number of benzene rings is 1. The molecule has 0 radical (unpaired) electrons. The average molecular weight is 286 g/mol. The molecule has 0 aliphatic rings. The average Bonchev–Trinajstić information content (AvgIpc) is 2.54. The Bertz CT molecular complexity index is 533. The van der Waals surface area contributed by atoms with Crippen LogP contribution in [0.1, 0.15) is 31.4 Å². The van der Waals surface area contributed by atoms with Gasteiger partial charge in [0, 0.05) is 12.6 Å². The minimum Gasteiger partial charge on any atom is -0.477 e. The molecule has 2 rings (SSSR count). The van der Waals surface area contributed by atoms with E-state index in [1.165, 1.54) is 0 Å². The van der Waals surface area contributed by atoms with Crippen molar-refractivity contribution in [1.29, 1.82) is 0 Å². The fourth-order valence-corrected chi connectivity index (χ4v) is 1.93. The maximum Gasteiger partial charge on any atom is 0.234 e. The summed E-state index contributed by atoms with van der Waals surface area (Å²) >= 11 is 0. The van der Waals surface area contributed by atoms with Crippen molar-refractivity contribution in [2.24, 2.45) is 5.73 Å². The van der Waals surface area contributed by atoms with Crippen molar-refractivity contribution in [3.63, 3.8) is 0 Å². The van der Waals surface area contributed by atoms with Gasteiger partial charge in [-0.3, -0.25) is 4.98 Å². The summed E-state index contributed by atoms with van der Waals surface area (Å²) in [6, 6.07) is 10.1. The second-order valence-corrected chi connectivity index (χ2v) is 4.82. The van der Waals surface area contributed by atoms with Gasteiger partial charge < -0.3 is 15.8 Å².